The minimum atomic E-state index is -0.0854. The maximum Gasteiger partial charge on any atom is 0.259 e. The zero-order chi connectivity index (χ0) is 18.1. The molecule has 0 saturated carbocycles. The van der Waals surface area contributed by atoms with Gasteiger partial charge in [-0.05, 0) is 35.4 Å². The second-order valence-electron chi connectivity index (χ2n) is 6.29. The van der Waals surface area contributed by atoms with Crippen molar-refractivity contribution in [3.05, 3.63) is 65.2 Å². The van der Waals surface area contributed by atoms with Gasteiger partial charge in [0.05, 0.1) is 12.8 Å². The van der Waals surface area contributed by atoms with Crippen LogP contribution in [0.5, 0.6) is 5.75 Å². The Morgan fingerprint density at radius 3 is 2.77 bits per heavy atom. The molecule has 0 radical (unpaired) electrons. The predicted molar refractivity (Wildman–Crippen MR) is 100 cm³/mol. The number of aromatic amines is 1. The highest BCUT2D eigenvalue weighted by Gasteiger charge is 2.19. The molecule has 1 amide bonds. The first kappa shape index (κ1) is 16.4. The van der Waals surface area contributed by atoms with E-state index in [0.29, 0.717) is 11.4 Å². The van der Waals surface area contributed by atoms with Crippen molar-refractivity contribution in [1.82, 2.24) is 15.5 Å². The molecule has 1 aromatic heterocycles. The molecule has 0 saturated heterocycles. The first-order chi connectivity index (χ1) is 12.7. The van der Waals surface area contributed by atoms with E-state index in [4.69, 9.17) is 4.74 Å². The van der Waals surface area contributed by atoms with E-state index < -0.39 is 0 Å². The van der Waals surface area contributed by atoms with Crippen molar-refractivity contribution in [2.75, 3.05) is 19.1 Å². The van der Waals surface area contributed by atoms with Crippen molar-refractivity contribution < 1.29 is 9.53 Å². The number of ether oxygens (including phenoxy) is 1. The first-order valence-electron chi connectivity index (χ1n) is 8.47. The Bertz CT molecular complexity index is 964. The van der Waals surface area contributed by atoms with Crippen molar-refractivity contribution in [3.63, 3.8) is 0 Å². The Kier molecular flexibility index (Phi) is 4.18. The first-order valence-corrected chi connectivity index (χ1v) is 8.47. The van der Waals surface area contributed by atoms with Crippen LogP contribution in [0.4, 0.5) is 5.82 Å². The normalized spacial score (nSPS) is 12.7. The number of carbonyl (C=O) groups excluding carboxylic acids is 1. The SMILES string of the molecule is COc1ccccc1-c1cc(N(C)C(=O)c2ccc3c(c2)CNC3)n[nH]1. The number of anilines is 1. The molecule has 6 nitrogen and oxygen atoms in total. The van der Waals surface area contributed by atoms with Crippen LogP contribution in [-0.2, 0) is 13.1 Å². The topological polar surface area (TPSA) is 70.2 Å². The molecule has 2 N–H and O–H groups in total. The average Bonchev–Trinajstić information content (AvgIpc) is 3.35. The maximum atomic E-state index is 12.8. The van der Waals surface area contributed by atoms with Gasteiger partial charge >= 0.3 is 0 Å². The third kappa shape index (κ3) is 2.84. The monoisotopic (exact) mass is 348 g/mol. The number of nitrogens with one attached hydrogen (secondary N) is 2. The number of benzene rings is 2. The molecule has 0 aliphatic carbocycles. The Balaban J connectivity index is 1.60. The summed E-state index contributed by atoms with van der Waals surface area (Å²) in [6, 6.07) is 15.4. The maximum absolute atomic E-state index is 12.8. The summed E-state index contributed by atoms with van der Waals surface area (Å²) in [5, 5.41) is 10.6. The van der Waals surface area contributed by atoms with Gasteiger partial charge in [-0.15, -0.1) is 0 Å². The van der Waals surface area contributed by atoms with Gasteiger partial charge < -0.3 is 10.1 Å². The van der Waals surface area contributed by atoms with Crippen LogP contribution >= 0.6 is 0 Å². The summed E-state index contributed by atoms with van der Waals surface area (Å²) in [4.78, 5) is 14.4. The number of para-hydroxylation sites is 1. The highest BCUT2D eigenvalue weighted by Crippen LogP contribution is 2.30. The Morgan fingerprint density at radius 1 is 1.12 bits per heavy atom. The van der Waals surface area contributed by atoms with Gasteiger partial charge in [-0.25, -0.2) is 0 Å². The highest BCUT2D eigenvalue weighted by molar-refractivity contribution is 6.05. The molecule has 2 heterocycles. The molecule has 3 aromatic rings. The standard InChI is InChI=1S/C20H20N4O2/c1-24(20(25)13-7-8-14-11-21-12-15(14)9-13)19-10-17(22-23-19)16-5-3-4-6-18(16)26-2/h3-10,21H,11-12H2,1-2H3,(H,22,23). The Morgan fingerprint density at radius 2 is 1.92 bits per heavy atom. The van der Waals surface area contributed by atoms with E-state index in [1.807, 2.05) is 48.5 Å². The lowest BCUT2D eigenvalue weighted by Gasteiger charge is -2.14. The van der Waals surface area contributed by atoms with Crippen LogP contribution in [-0.4, -0.2) is 30.3 Å². The van der Waals surface area contributed by atoms with Gasteiger partial charge in [-0.2, -0.15) is 5.10 Å². The number of carbonyl (C=O) groups is 1. The number of fused-ring (bicyclic) bond motifs is 1. The lowest BCUT2D eigenvalue weighted by Crippen LogP contribution is -2.26. The molecule has 2 aromatic carbocycles. The Hall–Kier alpha value is -3.12. The minimum absolute atomic E-state index is 0.0854. The van der Waals surface area contributed by atoms with Crippen molar-refractivity contribution >= 4 is 11.7 Å². The molecular formula is C20H20N4O2. The van der Waals surface area contributed by atoms with Gasteiger partial charge in [-0.1, -0.05) is 18.2 Å². The van der Waals surface area contributed by atoms with E-state index in [0.717, 1.165) is 30.1 Å². The van der Waals surface area contributed by atoms with E-state index in [-0.39, 0.29) is 5.91 Å². The molecule has 26 heavy (non-hydrogen) atoms. The number of methoxy groups -OCH3 is 1. The van der Waals surface area contributed by atoms with E-state index in [9.17, 15) is 4.79 Å². The number of aromatic nitrogens is 2. The summed E-state index contributed by atoms with van der Waals surface area (Å²) in [5.41, 5.74) is 4.80. The van der Waals surface area contributed by atoms with Crippen molar-refractivity contribution in [2.45, 2.75) is 13.1 Å². The zero-order valence-corrected chi connectivity index (χ0v) is 14.7. The van der Waals surface area contributed by atoms with Crippen LogP contribution in [0.15, 0.2) is 48.5 Å². The molecule has 132 valence electrons. The van der Waals surface area contributed by atoms with Crippen molar-refractivity contribution in [2.24, 2.45) is 0 Å². The number of amides is 1. The second-order valence-corrected chi connectivity index (χ2v) is 6.29. The summed E-state index contributed by atoms with van der Waals surface area (Å²) in [7, 11) is 3.37. The fourth-order valence-electron chi connectivity index (χ4n) is 3.21. The fourth-order valence-corrected chi connectivity index (χ4v) is 3.21. The van der Waals surface area contributed by atoms with Crippen molar-refractivity contribution in [1.29, 1.82) is 0 Å². The van der Waals surface area contributed by atoms with Crippen LogP contribution in [0, 0.1) is 0 Å². The summed E-state index contributed by atoms with van der Waals surface area (Å²) < 4.78 is 5.39. The van der Waals surface area contributed by atoms with Crippen LogP contribution in [0.1, 0.15) is 21.5 Å². The van der Waals surface area contributed by atoms with Gasteiger partial charge in [0, 0.05) is 37.3 Å². The summed E-state index contributed by atoms with van der Waals surface area (Å²) in [6.07, 6.45) is 0. The molecule has 1 aliphatic rings. The largest absolute Gasteiger partial charge is 0.496 e. The molecule has 0 spiro atoms. The average molecular weight is 348 g/mol. The predicted octanol–water partition coefficient (Wildman–Crippen LogP) is 2.97. The molecular weight excluding hydrogens is 328 g/mol. The number of H-pyrrole nitrogens is 1. The number of hydrogen-bond acceptors (Lipinski definition) is 4. The number of rotatable bonds is 4. The molecule has 0 atom stereocenters. The summed E-state index contributed by atoms with van der Waals surface area (Å²) in [5.74, 6) is 1.23. The second kappa shape index (κ2) is 6.65. The van der Waals surface area contributed by atoms with Crippen molar-refractivity contribution in [3.8, 4) is 17.0 Å². The molecule has 1 aliphatic heterocycles. The lowest BCUT2D eigenvalue weighted by molar-refractivity contribution is 0.0992. The molecule has 0 fully saturated rings. The summed E-state index contributed by atoms with van der Waals surface area (Å²) in [6.45, 7) is 1.67. The quantitative estimate of drug-likeness (QED) is 0.760. The van der Waals surface area contributed by atoms with E-state index in [2.05, 4.69) is 15.5 Å². The van der Waals surface area contributed by atoms with E-state index in [1.54, 1.807) is 19.1 Å². The lowest BCUT2D eigenvalue weighted by atomic mass is 10.1. The summed E-state index contributed by atoms with van der Waals surface area (Å²) >= 11 is 0. The zero-order valence-electron chi connectivity index (χ0n) is 14.7. The minimum Gasteiger partial charge on any atom is -0.496 e. The molecule has 0 bridgehead atoms. The molecule has 4 rings (SSSR count). The smallest absolute Gasteiger partial charge is 0.259 e. The van der Waals surface area contributed by atoms with Gasteiger partial charge in [-0.3, -0.25) is 14.8 Å². The van der Waals surface area contributed by atoms with Gasteiger partial charge in [0.1, 0.15) is 5.75 Å². The van der Waals surface area contributed by atoms with Crippen LogP contribution < -0.4 is 15.0 Å². The van der Waals surface area contributed by atoms with Crippen LogP contribution in [0.25, 0.3) is 11.3 Å². The number of nitrogens with zero attached hydrogens (tertiary/aromatic N) is 2. The third-order valence-electron chi connectivity index (χ3n) is 4.69. The van der Waals surface area contributed by atoms with E-state index >= 15 is 0 Å². The number of hydrogen-bond donors (Lipinski definition) is 2. The molecule has 6 heteroatoms. The van der Waals surface area contributed by atoms with Crippen LogP contribution in [0.2, 0.25) is 0 Å². The fraction of sp³-hybridized carbons (Fsp3) is 0.200. The van der Waals surface area contributed by atoms with Crippen LogP contribution in [0.3, 0.4) is 0 Å². The molecule has 0 unspecified atom stereocenters. The highest BCUT2D eigenvalue weighted by atomic mass is 16.5. The third-order valence-corrected chi connectivity index (χ3v) is 4.69. The van der Waals surface area contributed by atoms with Gasteiger partial charge in [0.25, 0.3) is 5.91 Å². The van der Waals surface area contributed by atoms with Gasteiger partial charge in [0.15, 0.2) is 5.82 Å². The van der Waals surface area contributed by atoms with E-state index in [1.165, 1.54) is 11.1 Å². The van der Waals surface area contributed by atoms with Gasteiger partial charge in [0.2, 0.25) is 0 Å². The Labute approximate surface area is 151 Å².